The fraction of sp³-hybridized carbons (Fsp3) is 0.533. The maximum absolute atomic E-state index is 8.89. The van der Waals surface area contributed by atoms with Crippen molar-refractivity contribution in [3.63, 3.8) is 0 Å². The highest BCUT2D eigenvalue weighted by molar-refractivity contribution is 5.32. The Morgan fingerprint density at radius 1 is 1.24 bits per heavy atom. The second-order valence-corrected chi connectivity index (χ2v) is 5.23. The molecule has 0 aliphatic carbocycles. The Labute approximate surface area is 105 Å². The highest BCUT2D eigenvalue weighted by Gasteiger charge is 2.11. The molecule has 0 radical (unpaired) electrons. The molecule has 0 amide bonds. The molecule has 0 aliphatic rings. The molecule has 0 atom stereocenters. The van der Waals surface area contributed by atoms with E-state index in [4.69, 9.17) is 5.26 Å². The van der Waals surface area contributed by atoms with Crippen LogP contribution in [0.4, 0.5) is 0 Å². The Hall–Kier alpha value is -1.33. The first-order valence-electron chi connectivity index (χ1n) is 6.26. The Morgan fingerprint density at radius 3 is 2.47 bits per heavy atom. The molecule has 1 aromatic rings. The van der Waals surface area contributed by atoms with Gasteiger partial charge < -0.3 is 0 Å². The van der Waals surface area contributed by atoms with Crippen LogP contribution < -0.4 is 0 Å². The van der Waals surface area contributed by atoms with Crippen molar-refractivity contribution in [1.82, 2.24) is 4.90 Å². The molecular weight excluding hydrogens is 208 g/mol. The van der Waals surface area contributed by atoms with Gasteiger partial charge in [0.05, 0.1) is 11.6 Å². The van der Waals surface area contributed by atoms with E-state index < -0.39 is 0 Å². The van der Waals surface area contributed by atoms with E-state index in [0.717, 1.165) is 18.7 Å². The van der Waals surface area contributed by atoms with Crippen LogP contribution in [-0.4, -0.2) is 17.5 Å². The summed E-state index contributed by atoms with van der Waals surface area (Å²) in [4.78, 5) is 2.45. The first kappa shape index (κ1) is 13.7. The van der Waals surface area contributed by atoms with Crippen molar-refractivity contribution < 1.29 is 0 Å². The van der Waals surface area contributed by atoms with E-state index in [0.29, 0.717) is 12.0 Å². The second-order valence-electron chi connectivity index (χ2n) is 5.23. The first-order chi connectivity index (χ1) is 8.02. The van der Waals surface area contributed by atoms with Gasteiger partial charge in [-0.3, -0.25) is 4.90 Å². The van der Waals surface area contributed by atoms with Gasteiger partial charge in [-0.25, -0.2) is 0 Å². The van der Waals surface area contributed by atoms with Gasteiger partial charge in [0.2, 0.25) is 0 Å². The lowest BCUT2D eigenvalue weighted by Gasteiger charge is -2.28. The van der Waals surface area contributed by atoms with Crippen LogP contribution in [0.2, 0.25) is 0 Å². The molecule has 1 rings (SSSR count). The third kappa shape index (κ3) is 4.58. The van der Waals surface area contributed by atoms with E-state index in [1.165, 1.54) is 5.56 Å². The average molecular weight is 230 g/mol. The van der Waals surface area contributed by atoms with Gasteiger partial charge in [-0.2, -0.15) is 5.26 Å². The van der Waals surface area contributed by atoms with Crippen molar-refractivity contribution in [2.45, 2.75) is 40.3 Å². The molecule has 0 N–H and O–H groups in total. The summed E-state index contributed by atoms with van der Waals surface area (Å²) in [5.41, 5.74) is 1.97. The van der Waals surface area contributed by atoms with Gasteiger partial charge in [-0.05, 0) is 37.5 Å². The third-order valence-corrected chi connectivity index (χ3v) is 2.77. The zero-order valence-electron chi connectivity index (χ0n) is 11.3. The summed E-state index contributed by atoms with van der Waals surface area (Å²) in [5.74, 6) is 0.663. The Morgan fingerprint density at radius 2 is 1.94 bits per heavy atom. The maximum atomic E-state index is 8.89. The van der Waals surface area contributed by atoms with E-state index in [1.54, 1.807) is 0 Å². The van der Waals surface area contributed by atoms with Crippen LogP contribution in [0.3, 0.4) is 0 Å². The number of rotatable bonds is 5. The van der Waals surface area contributed by atoms with E-state index in [9.17, 15) is 0 Å². The summed E-state index contributed by atoms with van der Waals surface area (Å²) in [6.45, 7) is 10.9. The van der Waals surface area contributed by atoms with Crippen molar-refractivity contribution in [1.29, 1.82) is 5.26 Å². The predicted molar refractivity (Wildman–Crippen MR) is 71.5 cm³/mol. The van der Waals surface area contributed by atoms with Gasteiger partial charge in [0.15, 0.2) is 0 Å². The van der Waals surface area contributed by atoms with Crippen LogP contribution in [0.1, 0.15) is 38.8 Å². The molecule has 2 nitrogen and oxygen atoms in total. The summed E-state index contributed by atoms with van der Waals surface area (Å²) >= 11 is 0. The lowest BCUT2D eigenvalue weighted by atomic mass is 10.1. The highest BCUT2D eigenvalue weighted by atomic mass is 15.1. The normalized spacial score (nSPS) is 11.2. The molecule has 0 aromatic heterocycles. The highest BCUT2D eigenvalue weighted by Crippen LogP contribution is 2.12. The van der Waals surface area contributed by atoms with Gasteiger partial charge in [0.25, 0.3) is 0 Å². The van der Waals surface area contributed by atoms with Crippen LogP contribution in [0.15, 0.2) is 24.3 Å². The van der Waals surface area contributed by atoms with Gasteiger partial charge in [-0.15, -0.1) is 0 Å². The minimum absolute atomic E-state index is 0.531. The molecule has 0 fully saturated rings. The zero-order chi connectivity index (χ0) is 12.8. The standard InChI is InChI=1S/C15H22N2/c1-12(2)10-17(13(3)4)11-15-7-5-6-14(8-15)9-16/h5-8,12-13H,10-11H2,1-4H3. The van der Waals surface area contributed by atoms with Gasteiger partial charge in [0, 0.05) is 19.1 Å². The summed E-state index contributed by atoms with van der Waals surface area (Å²) in [5, 5.41) is 8.89. The average Bonchev–Trinajstić information content (AvgIpc) is 2.27. The molecule has 0 unspecified atom stereocenters. The first-order valence-corrected chi connectivity index (χ1v) is 6.26. The van der Waals surface area contributed by atoms with Crippen LogP contribution in [0.5, 0.6) is 0 Å². The molecule has 2 heteroatoms. The predicted octanol–water partition coefficient (Wildman–Crippen LogP) is 3.42. The van der Waals surface area contributed by atoms with Crippen molar-refractivity contribution in [3.05, 3.63) is 35.4 Å². The fourth-order valence-corrected chi connectivity index (χ4v) is 1.90. The molecule has 0 bridgehead atoms. The summed E-state index contributed by atoms with van der Waals surface area (Å²) < 4.78 is 0. The Kier molecular flexibility index (Phi) is 5.18. The quantitative estimate of drug-likeness (QED) is 0.775. The van der Waals surface area contributed by atoms with Gasteiger partial charge >= 0.3 is 0 Å². The minimum Gasteiger partial charge on any atom is -0.296 e. The SMILES string of the molecule is CC(C)CN(Cc1cccc(C#N)c1)C(C)C. The van der Waals surface area contributed by atoms with Crippen molar-refractivity contribution >= 4 is 0 Å². The second kappa shape index (κ2) is 6.42. The lowest BCUT2D eigenvalue weighted by Crippen LogP contribution is -2.33. The fourth-order valence-electron chi connectivity index (χ4n) is 1.90. The van der Waals surface area contributed by atoms with Crippen LogP contribution in [0, 0.1) is 17.2 Å². The number of benzene rings is 1. The molecule has 0 saturated carbocycles. The molecule has 17 heavy (non-hydrogen) atoms. The lowest BCUT2D eigenvalue weighted by molar-refractivity contribution is 0.189. The number of nitriles is 1. The van der Waals surface area contributed by atoms with E-state index in [-0.39, 0.29) is 0 Å². The van der Waals surface area contributed by atoms with Crippen LogP contribution in [0.25, 0.3) is 0 Å². The molecule has 0 spiro atoms. The van der Waals surface area contributed by atoms with Crippen molar-refractivity contribution in [2.75, 3.05) is 6.54 Å². The zero-order valence-corrected chi connectivity index (χ0v) is 11.3. The summed E-state index contributed by atoms with van der Waals surface area (Å²) in [6, 6.07) is 10.6. The molecule has 0 heterocycles. The molecule has 0 saturated heterocycles. The maximum Gasteiger partial charge on any atom is 0.0991 e. The number of hydrogen-bond donors (Lipinski definition) is 0. The van der Waals surface area contributed by atoms with Crippen molar-refractivity contribution in [3.8, 4) is 6.07 Å². The monoisotopic (exact) mass is 230 g/mol. The van der Waals surface area contributed by atoms with Gasteiger partial charge in [0.1, 0.15) is 0 Å². The van der Waals surface area contributed by atoms with Crippen LogP contribution >= 0.6 is 0 Å². The summed E-state index contributed by atoms with van der Waals surface area (Å²) in [6.07, 6.45) is 0. The molecule has 0 aliphatic heterocycles. The molecule has 1 aromatic carbocycles. The Balaban J connectivity index is 2.75. The smallest absolute Gasteiger partial charge is 0.0991 e. The molecule has 92 valence electrons. The van der Waals surface area contributed by atoms with Crippen molar-refractivity contribution in [2.24, 2.45) is 5.92 Å². The minimum atomic E-state index is 0.531. The van der Waals surface area contributed by atoms with E-state index in [2.05, 4.69) is 44.7 Å². The number of hydrogen-bond acceptors (Lipinski definition) is 2. The van der Waals surface area contributed by atoms with Gasteiger partial charge in [-0.1, -0.05) is 26.0 Å². The largest absolute Gasteiger partial charge is 0.296 e. The van der Waals surface area contributed by atoms with E-state index >= 15 is 0 Å². The summed E-state index contributed by atoms with van der Waals surface area (Å²) in [7, 11) is 0. The topological polar surface area (TPSA) is 27.0 Å². The molecular formula is C15H22N2. The Bertz CT molecular complexity index is 388. The van der Waals surface area contributed by atoms with E-state index in [1.807, 2.05) is 18.2 Å². The van der Waals surface area contributed by atoms with Crippen LogP contribution in [-0.2, 0) is 6.54 Å². The third-order valence-electron chi connectivity index (χ3n) is 2.77. The number of nitrogens with zero attached hydrogens (tertiary/aromatic N) is 2.